The van der Waals surface area contributed by atoms with E-state index in [2.05, 4.69) is 20.3 Å². The van der Waals surface area contributed by atoms with Crippen molar-refractivity contribution in [1.82, 2.24) is 25.2 Å². The van der Waals surface area contributed by atoms with E-state index in [0.717, 1.165) is 10.4 Å². The molecule has 198 valence electrons. The van der Waals surface area contributed by atoms with Crippen LogP contribution in [0, 0.1) is 5.92 Å². The van der Waals surface area contributed by atoms with Gasteiger partial charge in [0.25, 0.3) is 5.91 Å². The number of aliphatic hydroxyl groups is 1. The number of nitrogens with zero attached hydrogens (tertiary/aromatic N) is 4. The molecule has 2 atom stereocenters. The number of para-hydroxylation sites is 2. The molecule has 0 aliphatic heterocycles. The van der Waals surface area contributed by atoms with Crippen LogP contribution in [0.1, 0.15) is 34.8 Å². The minimum absolute atomic E-state index is 0.00184. The zero-order chi connectivity index (χ0) is 26.9. The molecule has 10 heteroatoms. The minimum Gasteiger partial charge on any atom is -0.444 e. The molecule has 4 aromatic rings. The van der Waals surface area contributed by atoms with Crippen molar-refractivity contribution in [3.8, 4) is 0 Å². The molecule has 2 amide bonds. The highest BCUT2D eigenvalue weighted by atomic mass is 32.1. The van der Waals surface area contributed by atoms with Crippen LogP contribution in [-0.4, -0.2) is 62.2 Å². The molecule has 0 unspecified atom stereocenters. The molecule has 2 aromatic heterocycles. The smallest absolute Gasteiger partial charge is 0.407 e. The SMILES string of the molecule is CC(C)CN(C[C@H](O)[C@H](Cc1ccccc1)NC(=O)OCc1cncs1)C(=O)c1cnc2ccccc2n1. The van der Waals surface area contributed by atoms with Crippen molar-refractivity contribution in [1.29, 1.82) is 0 Å². The van der Waals surface area contributed by atoms with Crippen molar-refractivity contribution in [3.63, 3.8) is 0 Å². The van der Waals surface area contributed by atoms with Gasteiger partial charge in [-0.3, -0.25) is 14.8 Å². The highest BCUT2D eigenvalue weighted by Crippen LogP contribution is 2.15. The molecule has 0 saturated carbocycles. The van der Waals surface area contributed by atoms with E-state index in [1.54, 1.807) is 22.7 Å². The fourth-order valence-corrected chi connectivity index (χ4v) is 4.56. The van der Waals surface area contributed by atoms with Gasteiger partial charge in [0, 0.05) is 19.3 Å². The number of rotatable bonds is 11. The second-order valence-corrected chi connectivity index (χ2v) is 10.4. The molecule has 2 aromatic carbocycles. The molecule has 0 radical (unpaired) electrons. The van der Waals surface area contributed by atoms with Crippen molar-refractivity contribution in [2.45, 2.75) is 39.0 Å². The molecule has 2 N–H and O–H groups in total. The Morgan fingerprint density at radius 3 is 2.47 bits per heavy atom. The Morgan fingerprint density at radius 2 is 1.76 bits per heavy atom. The Bertz CT molecular complexity index is 1330. The number of ether oxygens (including phenoxy) is 1. The van der Waals surface area contributed by atoms with E-state index < -0.39 is 18.2 Å². The van der Waals surface area contributed by atoms with Crippen LogP contribution in [0.25, 0.3) is 11.0 Å². The number of hydrogen-bond donors (Lipinski definition) is 2. The van der Waals surface area contributed by atoms with Gasteiger partial charge in [0.1, 0.15) is 12.3 Å². The second-order valence-electron chi connectivity index (χ2n) is 9.40. The number of amides is 2. The third-order valence-corrected chi connectivity index (χ3v) is 6.60. The Hall–Kier alpha value is -3.89. The van der Waals surface area contributed by atoms with Crippen molar-refractivity contribution in [2.75, 3.05) is 13.1 Å². The Kier molecular flexibility index (Phi) is 9.34. The van der Waals surface area contributed by atoms with Gasteiger partial charge in [0.05, 0.1) is 39.8 Å². The minimum atomic E-state index is -1.07. The molecule has 9 nitrogen and oxygen atoms in total. The first kappa shape index (κ1) is 27.2. The number of fused-ring (bicyclic) bond motifs is 1. The molecule has 0 aliphatic rings. The van der Waals surface area contributed by atoms with E-state index in [-0.39, 0.29) is 30.7 Å². The predicted molar refractivity (Wildman–Crippen MR) is 146 cm³/mol. The van der Waals surface area contributed by atoms with Gasteiger partial charge in [-0.2, -0.15) is 0 Å². The zero-order valence-corrected chi connectivity index (χ0v) is 22.2. The van der Waals surface area contributed by atoms with Crippen molar-refractivity contribution < 1.29 is 19.4 Å². The number of thiazole rings is 1. The third-order valence-electron chi connectivity index (χ3n) is 5.84. The molecule has 0 spiro atoms. The van der Waals surface area contributed by atoms with Gasteiger partial charge in [-0.25, -0.2) is 9.78 Å². The third kappa shape index (κ3) is 7.56. The van der Waals surface area contributed by atoms with Gasteiger partial charge in [0.2, 0.25) is 0 Å². The molecule has 0 fully saturated rings. The molecular weight excluding hydrogens is 502 g/mol. The Balaban J connectivity index is 1.50. The van der Waals surface area contributed by atoms with Gasteiger partial charge in [-0.1, -0.05) is 56.3 Å². The lowest BCUT2D eigenvalue weighted by Gasteiger charge is -2.31. The summed E-state index contributed by atoms with van der Waals surface area (Å²) in [5.74, 6) is -0.188. The van der Waals surface area contributed by atoms with E-state index >= 15 is 0 Å². The van der Waals surface area contributed by atoms with Crippen molar-refractivity contribution >= 4 is 34.4 Å². The van der Waals surface area contributed by atoms with Crippen LogP contribution in [0.4, 0.5) is 4.79 Å². The number of carbonyl (C=O) groups is 2. The van der Waals surface area contributed by atoms with Crippen LogP contribution in [-0.2, 0) is 17.8 Å². The zero-order valence-electron chi connectivity index (χ0n) is 21.4. The molecule has 0 aliphatic carbocycles. The topological polar surface area (TPSA) is 118 Å². The maximum absolute atomic E-state index is 13.5. The Labute approximate surface area is 225 Å². The average molecular weight is 534 g/mol. The van der Waals surface area contributed by atoms with Crippen LogP contribution in [0.5, 0.6) is 0 Å². The number of carbonyl (C=O) groups excluding carboxylic acids is 2. The summed E-state index contributed by atoms with van der Waals surface area (Å²) >= 11 is 1.39. The van der Waals surface area contributed by atoms with E-state index in [1.165, 1.54) is 17.5 Å². The van der Waals surface area contributed by atoms with Crippen LogP contribution in [0.3, 0.4) is 0 Å². The number of benzene rings is 2. The lowest BCUT2D eigenvalue weighted by molar-refractivity contribution is 0.0489. The largest absolute Gasteiger partial charge is 0.444 e. The first-order chi connectivity index (χ1) is 18.4. The summed E-state index contributed by atoms with van der Waals surface area (Å²) < 4.78 is 5.34. The van der Waals surface area contributed by atoms with Crippen LogP contribution >= 0.6 is 11.3 Å². The fraction of sp³-hybridized carbons (Fsp3) is 0.321. The summed E-state index contributed by atoms with van der Waals surface area (Å²) in [7, 11) is 0. The van der Waals surface area contributed by atoms with Crippen LogP contribution in [0.2, 0.25) is 0 Å². The van der Waals surface area contributed by atoms with Crippen molar-refractivity contribution in [3.05, 3.63) is 88.6 Å². The molecule has 0 saturated heterocycles. The van der Waals surface area contributed by atoms with Gasteiger partial charge < -0.3 is 20.1 Å². The number of hydrogen-bond acceptors (Lipinski definition) is 8. The van der Waals surface area contributed by atoms with E-state index in [0.29, 0.717) is 24.0 Å². The molecule has 4 rings (SSSR count). The first-order valence-electron chi connectivity index (χ1n) is 12.4. The van der Waals surface area contributed by atoms with Gasteiger partial charge in [-0.15, -0.1) is 11.3 Å². The summed E-state index contributed by atoms with van der Waals surface area (Å²) in [5, 5.41) is 14.1. The highest BCUT2D eigenvalue weighted by molar-refractivity contribution is 7.09. The molecule has 0 bridgehead atoms. The number of nitrogens with one attached hydrogen (secondary N) is 1. The summed E-state index contributed by atoms with van der Waals surface area (Å²) in [6.45, 7) is 4.48. The summed E-state index contributed by atoms with van der Waals surface area (Å²) in [4.78, 5) is 41.3. The van der Waals surface area contributed by atoms with Crippen molar-refractivity contribution in [2.24, 2.45) is 5.92 Å². The maximum Gasteiger partial charge on any atom is 0.407 e. The van der Waals surface area contributed by atoms with Crippen LogP contribution in [0.15, 0.2) is 72.5 Å². The monoisotopic (exact) mass is 533 g/mol. The first-order valence-corrected chi connectivity index (χ1v) is 13.3. The normalized spacial score (nSPS) is 12.7. The standard InChI is InChI=1S/C28H31N5O4S/c1-19(2)15-33(27(35)25-14-30-22-10-6-7-11-23(22)31-25)16-26(34)24(12-20-8-4-3-5-9-20)32-28(36)37-17-21-13-29-18-38-21/h3-11,13-14,18-19,24,26,34H,12,15-17H2,1-2H3,(H,32,36)/t24-,26-/m0/s1. The summed E-state index contributed by atoms with van der Waals surface area (Å²) in [6.07, 6.45) is 1.74. The van der Waals surface area contributed by atoms with Gasteiger partial charge >= 0.3 is 6.09 Å². The van der Waals surface area contributed by atoms with E-state index in [4.69, 9.17) is 4.74 Å². The molecular formula is C28H31N5O4S. The predicted octanol–water partition coefficient (Wildman–Crippen LogP) is 4.08. The number of aromatic nitrogens is 3. The van der Waals surface area contributed by atoms with Crippen LogP contribution < -0.4 is 5.32 Å². The lowest BCUT2D eigenvalue weighted by Crippen LogP contribution is -2.51. The number of aliphatic hydroxyl groups excluding tert-OH is 1. The van der Waals surface area contributed by atoms with E-state index in [9.17, 15) is 14.7 Å². The van der Waals surface area contributed by atoms with Gasteiger partial charge in [-0.05, 0) is 30.0 Å². The summed E-state index contributed by atoms with van der Waals surface area (Å²) in [6, 6.07) is 16.2. The summed E-state index contributed by atoms with van der Waals surface area (Å²) in [5.41, 5.74) is 4.12. The molecule has 38 heavy (non-hydrogen) atoms. The quantitative estimate of drug-likeness (QED) is 0.298. The maximum atomic E-state index is 13.5. The lowest BCUT2D eigenvalue weighted by atomic mass is 10.0. The Morgan fingerprint density at radius 1 is 1.03 bits per heavy atom. The average Bonchev–Trinajstić information content (AvgIpc) is 3.44. The van der Waals surface area contributed by atoms with Gasteiger partial charge in [0.15, 0.2) is 0 Å². The highest BCUT2D eigenvalue weighted by Gasteiger charge is 2.28. The second kappa shape index (κ2) is 13.1. The number of alkyl carbamates (subject to hydrolysis) is 1. The fourth-order valence-electron chi connectivity index (χ4n) is 4.05. The molecule has 2 heterocycles. The van der Waals surface area contributed by atoms with E-state index in [1.807, 2.05) is 62.4 Å².